The summed E-state index contributed by atoms with van der Waals surface area (Å²) in [5.74, 6) is 1.58. The van der Waals surface area contributed by atoms with Crippen LogP contribution in [0.3, 0.4) is 0 Å². The van der Waals surface area contributed by atoms with Crippen molar-refractivity contribution in [1.82, 2.24) is 4.57 Å². The summed E-state index contributed by atoms with van der Waals surface area (Å²) in [6.45, 7) is 7.76. The van der Waals surface area contributed by atoms with Crippen LogP contribution < -0.4 is 9.64 Å². The molecule has 0 saturated carbocycles. The summed E-state index contributed by atoms with van der Waals surface area (Å²) in [5, 5.41) is 0. The third-order valence-corrected chi connectivity index (χ3v) is 6.12. The Bertz CT molecular complexity index is 806. The Morgan fingerprint density at radius 2 is 1.75 bits per heavy atom. The van der Waals surface area contributed by atoms with Crippen molar-refractivity contribution >= 4 is 15.7 Å². The Kier molecular flexibility index (Phi) is 5.59. The normalized spacial score (nSPS) is 11.5. The van der Waals surface area contributed by atoms with Crippen LogP contribution in [0.25, 0.3) is 11.3 Å². The number of rotatable bonds is 7. The fourth-order valence-corrected chi connectivity index (χ4v) is 3.93. The van der Waals surface area contributed by atoms with Crippen molar-refractivity contribution in [2.75, 3.05) is 30.9 Å². The molecular weight excluding hydrogens is 324 g/mol. The maximum Gasteiger partial charge on any atom is 0.181 e. The van der Waals surface area contributed by atoms with Gasteiger partial charge in [-0.3, -0.25) is 0 Å². The van der Waals surface area contributed by atoms with E-state index in [-0.39, 0.29) is 10.6 Å². The van der Waals surface area contributed by atoms with Gasteiger partial charge in [0.25, 0.3) is 0 Å². The number of aromatic nitrogens is 1. The van der Waals surface area contributed by atoms with Gasteiger partial charge in [-0.1, -0.05) is 13.0 Å². The molecule has 0 aliphatic heterocycles. The van der Waals surface area contributed by atoms with E-state index in [0.717, 1.165) is 30.2 Å². The minimum absolute atomic E-state index is 0.0545. The van der Waals surface area contributed by atoms with Crippen LogP contribution in [-0.2, 0) is 16.9 Å². The first kappa shape index (κ1) is 18.4. The van der Waals surface area contributed by atoms with Gasteiger partial charge in [0.15, 0.2) is 9.84 Å². The summed E-state index contributed by atoms with van der Waals surface area (Å²) in [5.41, 5.74) is 1.96. The predicted molar refractivity (Wildman–Crippen MR) is 98.7 cm³/mol. The first-order valence-electron chi connectivity index (χ1n) is 8.21. The van der Waals surface area contributed by atoms with Crippen molar-refractivity contribution in [3.8, 4) is 17.0 Å². The van der Waals surface area contributed by atoms with Crippen LogP contribution >= 0.6 is 0 Å². The standard InChI is InChI=1S/C18H26N2O3S/c1-6-20(7-2)18-12-10-15(19(18)4)14-9-11-17(16(13-14)23-5)24(21,22)8-3/h9-13H,6-8H2,1-5H3. The molecule has 0 unspecified atom stereocenters. The number of anilines is 1. The predicted octanol–water partition coefficient (Wildman–Crippen LogP) is 3.34. The van der Waals surface area contributed by atoms with Gasteiger partial charge in [0.05, 0.1) is 12.9 Å². The molecule has 24 heavy (non-hydrogen) atoms. The topological polar surface area (TPSA) is 51.5 Å². The van der Waals surface area contributed by atoms with Crippen molar-refractivity contribution in [3.05, 3.63) is 30.3 Å². The molecule has 1 heterocycles. The minimum atomic E-state index is -3.31. The number of nitrogens with zero attached hydrogens (tertiary/aromatic N) is 2. The second-order valence-electron chi connectivity index (χ2n) is 5.58. The molecule has 1 aromatic carbocycles. The summed E-state index contributed by atoms with van der Waals surface area (Å²) in [4.78, 5) is 2.52. The molecule has 0 radical (unpaired) electrons. The molecule has 0 N–H and O–H groups in total. The molecule has 2 aromatic rings. The molecule has 0 fully saturated rings. The van der Waals surface area contributed by atoms with Gasteiger partial charge in [0, 0.05) is 31.4 Å². The summed E-state index contributed by atoms with van der Waals surface area (Å²) in [6.07, 6.45) is 0. The average molecular weight is 350 g/mol. The van der Waals surface area contributed by atoms with Crippen LogP contribution in [0.4, 0.5) is 5.82 Å². The zero-order valence-electron chi connectivity index (χ0n) is 15.0. The number of benzene rings is 1. The van der Waals surface area contributed by atoms with Crippen LogP contribution in [0.15, 0.2) is 35.2 Å². The number of sulfone groups is 1. The van der Waals surface area contributed by atoms with Crippen LogP contribution in [-0.4, -0.2) is 38.9 Å². The number of hydrogen-bond donors (Lipinski definition) is 0. The van der Waals surface area contributed by atoms with Gasteiger partial charge in [-0.25, -0.2) is 8.42 Å². The van der Waals surface area contributed by atoms with E-state index >= 15 is 0 Å². The van der Waals surface area contributed by atoms with E-state index in [4.69, 9.17) is 4.74 Å². The quantitative estimate of drug-likeness (QED) is 0.768. The first-order chi connectivity index (χ1) is 11.4. The van der Waals surface area contributed by atoms with E-state index in [1.54, 1.807) is 19.1 Å². The molecule has 0 spiro atoms. The van der Waals surface area contributed by atoms with Crippen molar-refractivity contribution in [3.63, 3.8) is 0 Å². The second kappa shape index (κ2) is 7.30. The zero-order chi connectivity index (χ0) is 17.9. The van der Waals surface area contributed by atoms with E-state index in [2.05, 4.69) is 35.4 Å². The van der Waals surface area contributed by atoms with Gasteiger partial charge >= 0.3 is 0 Å². The molecule has 0 saturated heterocycles. The molecule has 2 rings (SSSR count). The largest absolute Gasteiger partial charge is 0.495 e. The van der Waals surface area contributed by atoms with E-state index in [1.165, 1.54) is 7.11 Å². The molecule has 0 amide bonds. The van der Waals surface area contributed by atoms with Crippen molar-refractivity contribution in [1.29, 1.82) is 0 Å². The second-order valence-corrected chi connectivity index (χ2v) is 7.82. The van der Waals surface area contributed by atoms with Crippen LogP contribution in [0.5, 0.6) is 5.75 Å². The SMILES string of the molecule is CCN(CC)c1ccc(-c2ccc(S(=O)(=O)CC)c(OC)c2)n1C. The molecule has 0 bridgehead atoms. The van der Waals surface area contributed by atoms with Gasteiger partial charge in [-0.05, 0) is 38.1 Å². The average Bonchev–Trinajstić information content (AvgIpc) is 2.97. The molecule has 0 aliphatic carbocycles. The van der Waals surface area contributed by atoms with Gasteiger partial charge < -0.3 is 14.2 Å². The fraction of sp³-hybridized carbons (Fsp3) is 0.444. The first-order valence-corrected chi connectivity index (χ1v) is 9.86. The van der Waals surface area contributed by atoms with Crippen LogP contribution in [0, 0.1) is 0 Å². The third-order valence-electron chi connectivity index (χ3n) is 4.36. The van der Waals surface area contributed by atoms with Crippen molar-refractivity contribution in [2.45, 2.75) is 25.7 Å². The van der Waals surface area contributed by atoms with Gasteiger partial charge in [0.1, 0.15) is 16.5 Å². The molecule has 5 nitrogen and oxygen atoms in total. The molecular formula is C18H26N2O3S. The molecule has 0 atom stereocenters. The highest BCUT2D eigenvalue weighted by Gasteiger charge is 2.19. The maximum atomic E-state index is 12.2. The Morgan fingerprint density at radius 3 is 2.29 bits per heavy atom. The molecule has 0 aliphatic rings. The lowest BCUT2D eigenvalue weighted by Crippen LogP contribution is -2.24. The summed E-state index contributed by atoms with van der Waals surface area (Å²) >= 11 is 0. The van der Waals surface area contributed by atoms with Crippen molar-refractivity contribution < 1.29 is 13.2 Å². The van der Waals surface area contributed by atoms with E-state index in [0.29, 0.717) is 5.75 Å². The lowest BCUT2D eigenvalue weighted by atomic mass is 10.1. The fourth-order valence-electron chi connectivity index (χ4n) is 2.89. The summed E-state index contributed by atoms with van der Waals surface area (Å²) in [7, 11) is 0.214. The van der Waals surface area contributed by atoms with E-state index in [9.17, 15) is 8.42 Å². The lowest BCUT2D eigenvalue weighted by Gasteiger charge is -2.22. The Morgan fingerprint density at radius 1 is 1.08 bits per heavy atom. The summed E-state index contributed by atoms with van der Waals surface area (Å²) in [6, 6.07) is 9.41. The Balaban J connectivity index is 2.52. The Labute approximate surface area is 144 Å². The highest BCUT2D eigenvalue weighted by atomic mass is 32.2. The van der Waals surface area contributed by atoms with Gasteiger partial charge in [-0.15, -0.1) is 0 Å². The lowest BCUT2D eigenvalue weighted by molar-refractivity contribution is 0.403. The third kappa shape index (κ3) is 3.29. The number of ether oxygens (including phenoxy) is 1. The zero-order valence-corrected chi connectivity index (χ0v) is 15.9. The molecule has 6 heteroatoms. The smallest absolute Gasteiger partial charge is 0.181 e. The van der Waals surface area contributed by atoms with Gasteiger partial charge in [-0.2, -0.15) is 0 Å². The highest BCUT2D eigenvalue weighted by molar-refractivity contribution is 7.91. The maximum absolute atomic E-state index is 12.2. The monoisotopic (exact) mass is 350 g/mol. The van der Waals surface area contributed by atoms with E-state index < -0.39 is 9.84 Å². The molecule has 132 valence electrons. The van der Waals surface area contributed by atoms with E-state index in [1.807, 2.05) is 13.1 Å². The molecule has 1 aromatic heterocycles. The van der Waals surface area contributed by atoms with Crippen LogP contribution in [0.2, 0.25) is 0 Å². The minimum Gasteiger partial charge on any atom is -0.495 e. The Hall–Kier alpha value is -1.95. The number of methoxy groups -OCH3 is 1. The summed E-state index contributed by atoms with van der Waals surface area (Å²) < 4.78 is 31.8. The van der Waals surface area contributed by atoms with Gasteiger partial charge in [0.2, 0.25) is 0 Å². The van der Waals surface area contributed by atoms with Crippen LogP contribution in [0.1, 0.15) is 20.8 Å². The van der Waals surface area contributed by atoms with Crippen molar-refractivity contribution in [2.24, 2.45) is 7.05 Å². The number of hydrogen-bond acceptors (Lipinski definition) is 4. The highest BCUT2D eigenvalue weighted by Crippen LogP contribution is 2.33.